The van der Waals surface area contributed by atoms with E-state index < -0.39 is 5.97 Å². The average molecular weight is 330 g/mol. The molecule has 0 atom stereocenters. The van der Waals surface area contributed by atoms with Crippen molar-refractivity contribution in [3.8, 4) is 5.75 Å². The minimum absolute atomic E-state index is 0.0683. The van der Waals surface area contributed by atoms with Crippen molar-refractivity contribution in [2.75, 3.05) is 0 Å². The van der Waals surface area contributed by atoms with Gasteiger partial charge >= 0.3 is 5.97 Å². The number of aryl methyl sites for hydroxylation is 2. The molecule has 0 radical (unpaired) electrons. The van der Waals surface area contributed by atoms with E-state index in [1.165, 1.54) is 23.5 Å². The quantitative estimate of drug-likeness (QED) is 0.720. The fourth-order valence-electron chi connectivity index (χ4n) is 2.23. The first-order valence-electron chi connectivity index (χ1n) is 6.91. The van der Waals surface area contributed by atoms with Crippen LogP contribution in [0.25, 0.3) is 10.2 Å². The van der Waals surface area contributed by atoms with Crippen LogP contribution in [-0.2, 0) is 11.3 Å². The molecule has 7 heteroatoms. The number of benzene rings is 1. The minimum atomic E-state index is -0.676. The number of carbonyl (C=O) groups is 1. The topological polar surface area (TPSA) is 92.3 Å². The molecule has 0 unspecified atom stereocenters. The van der Waals surface area contributed by atoms with E-state index in [4.69, 9.17) is 4.74 Å². The predicted octanol–water partition coefficient (Wildman–Crippen LogP) is 2.66. The molecule has 0 bridgehead atoms. The number of hydrogen-bond acceptors (Lipinski definition) is 6. The van der Waals surface area contributed by atoms with Crippen LogP contribution < -0.4 is 5.56 Å². The number of nitrogens with one attached hydrogen (secondary N) is 1. The zero-order valence-corrected chi connectivity index (χ0v) is 13.4. The van der Waals surface area contributed by atoms with Crippen molar-refractivity contribution in [2.24, 2.45) is 0 Å². The molecule has 3 aromatic rings. The highest BCUT2D eigenvalue weighted by Crippen LogP contribution is 2.25. The van der Waals surface area contributed by atoms with Gasteiger partial charge in [0.2, 0.25) is 0 Å². The fourth-order valence-corrected chi connectivity index (χ4v) is 3.27. The van der Waals surface area contributed by atoms with Gasteiger partial charge in [-0.3, -0.25) is 4.79 Å². The summed E-state index contributed by atoms with van der Waals surface area (Å²) in [5.74, 6) is -0.559. The van der Waals surface area contributed by atoms with Gasteiger partial charge < -0.3 is 14.8 Å². The Balaban J connectivity index is 1.84. The van der Waals surface area contributed by atoms with Crippen molar-refractivity contribution in [1.82, 2.24) is 9.97 Å². The largest absolute Gasteiger partial charge is 0.507 e. The van der Waals surface area contributed by atoms with E-state index >= 15 is 0 Å². The van der Waals surface area contributed by atoms with E-state index in [9.17, 15) is 14.7 Å². The number of esters is 1. The molecule has 0 aliphatic heterocycles. The summed E-state index contributed by atoms with van der Waals surface area (Å²) >= 11 is 1.43. The SMILES string of the molecule is Cc1sc2nc(COC(=O)c3ccccc3O)[nH]c(=O)c2c1C. The van der Waals surface area contributed by atoms with Crippen molar-refractivity contribution < 1.29 is 14.6 Å². The molecule has 0 saturated heterocycles. The Morgan fingerprint density at radius 3 is 2.83 bits per heavy atom. The molecule has 2 aromatic heterocycles. The number of aromatic nitrogens is 2. The van der Waals surface area contributed by atoms with Gasteiger partial charge in [-0.1, -0.05) is 12.1 Å². The van der Waals surface area contributed by atoms with Gasteiger partial charge in [0.25, 0.3) is 5.56 Å². The lowest BCUT2D eigenvalue weighted by Gasteiger charge is -2.05. The molecule has 23 heavy (non-hydrogen) atoms. The van der Waals surface area contributed by atoms with E-state index in [1.54, 1.807) is 12.1 Å². The Labute approximate surface area is 135 Å². The molecule has 0 aliphatic rings. The molecular weight excluding hydrogens is 316 g/mol. The Morgan fingerprint density at radius 2 is 2.09 bits per heavy atom. The summed E-state index contributed by atoms with van der Waals surface area (Å²) in [7, 11) is 0. The first-order chi connectivity index (χ1) is 11.0. The number of rotatable bonds is 3. The van der Waals surface area contributed by atoms with E-state index in [0.717, 1.165) is 10.4 Å². The van der Waals surface area contributed by atoms with Crippen LogP contribution in [0.4, 0.5) is 0 Å². The number of aromatic amines is 1. The van der Waals surface area contributed by atoms with E-state index in [0.29, 0.717) is 10.2 Å². The highest BCUT2D eigenvalue weighted by molar-refractivity contribution is 7.18. The average Bonchev–Trinajstić information content (AvgIpc) is 2.80. The fraction of sp³-hybridized carbons (Fsp3) is 0.188. The maximum absolute atomic E-state index is 12.1. The van der Waals surface area contributed by atoms with Crippen LogP contribution >= 0.6 is 11.3 Å². The monoisotopic (exact) mass is 330 g/mol. The first kappa shape index (κ1) is 15.2. The number of H-pyrrole nitrogens is 1. The Kier molecular flexibility index (Phi) is 3.87. The number of phenolic OH excluding ortho intramolecular Hbond substituents is 1. The van der Waals surface area contributed by atoms with Gasteiger partial charge in [0.1, 0.15) is 28.6 Å². The Morgan fingerprint density at radius 1 is 1.35 bits per heavy atom. The highest BCUT2D eigenvalue weighted by Gasteiger charge is 2.15. The summed E-state index contributed by atoms with van der Waals surface area (Å²) in [5.41, 5.74) is 0.737. The van der Waals surface area contributed by atoms with Crippen LogP contribution in [0.2, 0.25) is 0 Å². The van der Waals surface area contributed by atoms with Crippen LogP contribution in [0.15, 0.2) is 29.1 Å². The molecule has 0 spiro atoms. The molecule has 0 aliphatic carbocycles. The van der Waals surface area contributed by atoms with Gasteiger partial charge in [-0.15, -0.1) is 11.3 Å². The van der Waals surface area contributed by atoms with Gasteiger partial charge in [0.05, 0.1) is 5.39 Å². The second kappa shape index (κ2) is 5.85. The van der Waals surface area contributed by atoms with Gasteiger partial charge in [-0.05, 0) is 31.5 Å². The third-order valence-corrected chi connectivity index (χ3v) is 4.65. The van der Waals surface area contributed by atoms with Gasteiger partial charge in [0, 0.05) is 4.88 Å². The molecule has 3 rings (SSSR count). The second-order valence-electron chi connectivity index (χ2n) is 5.07. The van der Waals surface area contributed by atoms with E-state index in [-0.39, 0.29) is 29.3 Å². The van der Waals surface area contributed by atoms with E-state index in [1.807, 2.05) is 13.8 Å². The molecule has 1 aromatic carbocycles. The molecule has 118 valence electrons. The normalized spacial score (nSPS) is 10.9. The van der Waals surface area contributed by atoms with Crippen molar-refractivity contribution >= 4 is 27.5 Å². The van der Waals surface area contributed by atoms with Gasteiger partial charge in [-0.25, -0.2) is 9.78 Å². The summed E-state index contributed by atoms with van der Waals surface area (Å²) in [6.45, 7) is 3.64. The number of hydrogen-bond donors (Lipinski definition) is 2. The molecule has 2 heterocycles. The molecule has 2 N–H and O–H groups in total. The number of aromatic hydroxyl groups is 1. The molecule has 6 nitrogen and oxygen atoms in total. The molecular formula is C16H14N2O4S. The number of phenols is 1. The standard InChI is InChI=1S/C16H14N2O4S/c1-8-9(2)23-15-13(8)14(20)17-12(18-15)7-22-16(21)10-5-3-4-6-11(10)19/h3-6,19H,7H2,1-2H3,(H,17,18,20). The lowest BCUT2D eigenvalue weighted by Crippen LogP contribution is -2.14. The van der Waals surface area contributed by atoms with Gasteiger partial charge in [0.15, 0.2) is 0 Å². The van der Waals surface area contributed by atoms with Crippen molar-refractivity contribution in [2.45, 2.75) is 20.5 Å². The van der Waals surface area contributed by atoms with Crippen molar-refractivity contribution in [1.29, 1.82) is 0 Å². The number of carbonyl (C=O) groups excluding carboxylic acids is 1. The second-order valence-corrected chi connectivity index (χ2v) is 6.27. The van der Waals surface area contributed by atoms with Gasteiger partial charge in [-0.2, -0.15) is 0 Å². The number of ether oxygens (including phenoxy) is 1. The summed E-state index contributed by atoms with van der Waals surface area (Å²) in [5, 5.41) is 10.2. The number of nitrogens with zero attached hydrogens (tertiary/aromatic N) is 1. The Bertz CT molecular complexity index is 958. The lowest BCUT2D eigenvalue weighted by atomic mass is 10.2. The zero-order chi connectivity index (χ0) is 16.6. The molecule has 0 fully saturated rings. The van der Waals surface area contributed by atoms with Crippen LogP contribution in [0.3, 0.4) is 0 Å². The van der Waals surface area contributed by atoms with Crippen LogP contribution in [0.5, 0.6) is 5.75 Å². The third-order valence-electron chi connectivity index (χ3n) is 3.55. The maximum atomic E-state index is 12.1. The van der Waals surface area contributed by atoms with Crippen LogP contribution in [0.1, 0.15) is 26.6 Å². The molecule has 0 amide bonds. The van der Waals surface area contributed by atoms with E-state index in [2.05, 4.69) is 9.97 Å². The predicted molar refractivity (Wildman–Crippen MR) is 86.9 cm³/mol. The minimum Gasteiger partial charge on any atom is -0.507 e. The summed E-state index contributed by atoms with van der Waals surface area (Å²) in [4.78, 5) is 32.7. The summed E-state index contributed by atoms with van der Waals surface area (Å²) in [6, 6.07) is 6.10. The maximum Gasteiger partial charge on any atom is 0.342 e. The lowest BCUT2D eigenvalue weighted by molar-refractivity contribution is 0.0459. The first-order valence-corrected chi connectivity index (χ1v) is 7.73. The van der Waals surface area contributed by atoms with Crippen LogP contribution in [-0.4, -0.2) is 21.0 Å². The smallest absolute Gasteiger partial charge is 0.342 e. The van der Waals surface area contributed by atoms with Crippen molar-refractivity contribution in [3.05, 3.63) is 56.4 Å². The number of fused-ring (bicyclic) bond motifs is 1. The summed E-state index contributed by atoms with van der Waals surface area (Å²) in [6.07, 6.45) is 0. The number of thiophene rings is 1. The Hall–Kier alpha value is -2.67. The summed E-state index contributed by atoms with van der Waals surface area (Å²) < 4.78 is 5.11. The third kappa shape index (κ3) is 2.83. The zero-order valence-electron chi connectivity index (χ0n) is 12.5. The van der Waals surface area contributed by atoms with Crippen LogP contribution in [0, 0.1) is 13.8 Å². The highest BCUT2D eigenvalue weighted by atomic mass is 32.1. The van der Waals surface area contributed by atoms with Crippen molar-refractivity contribution in [3.63, 3.8) is 0 Å². The molecule has 0 saturated carbocycles. The number of para-hydroxylation sites is 1.